The van der Waals surface area contributed by atoms with E-state index in [1.165, 1.54) is 18.5 Å². The Morgan fingerprint density at radius 3 is 2.47 bits per heavy atom. The van der Waals surface area contributed by atoms with Gasteiger partial charge in [0.05, 0.1) is 11.9 Å². The maximum absolute atomic E-state index is 12.0. The topological polar surface area (TPSA) is 55.1 Å². The number of hydrogen-bond donors (Lipinski definition) is 1. The number of carbonyl (C=O) groups excluding carboxylic acids is 1. The maximum atomic E-state index is 12.0. The number of hydrogen-bond acceptors (Lipinski definition) is 3. The summed E-state index contributed by atoms with van der Waals surface area (Å²) in [7, 11) is 0. The summed E-state index contributed by atoms with van der Waals surface area (Å²) in [6, 6.07) is 10.9. The predicted octanol–water partition coefficient (Wildman–Crippen LogP) is 1.83. The molecule has 0 aliphatic carbocycles. The predicted molar refractivity (Wildman–Crippen MR) is 64.2 cm³/mol. The molecule has 1 aromatic carbocycles. The highest BCUT2D eigenvalue weighted by Crippen LogP contribution is 2.16. The standard InChI is InChI=1S/C13H14N2O2/c1-13(2,17)12(16)11-8-9-14-15(11)10-6-4-3-5-7-10/h3-9,17H,1-2H3. The lowest BCUT2D eigenvalue weighted by atomic mass is 10.0. The second-order valence-corrected chi connectivity index (χ2v) is 4.35. The average Bonchev–Trinajstić information content (AvgIpc) is 2.76. The van der Waals surface area contributed by atoms with E-state index >= 15 is 0 Å². The number of aliphatic hydroxyl groups is 1. The Morgan fingerprint density at radius 2 is 1.88 bits per heavy atom. The Morgan fingerprint density at radius 1 is 1.24 bits per heavy atom. The largest absolute Gasteiger partial charge is 0.382 e. The van der Waals surface area contributed by atoms with Gasteiger partial charge in [-0.1, -0.05) is 18.2 Å². The summed E-state index contributed by atoms with van der Waals surface area (Å²) in [5, 5.41) is 13.8. The fourth-order valence-electron chi connectivity index (χ4n) is 1.56. The second-order valence-electron chi connectivity index (χ2n) is 4.35. The minimum Gasteiger partial charge on any atom is -0.382 e. The molecule has 0 aliphatic rings. The van der Waals surface area contributed by atoms with Gasteiger partial charge in [0.2, 0.25) is 5.78 Å². The Bertz CT molecular complexity index is 524. The van der Waals surface area contributed by atoms with Gasteiger partial charge in [-0.25, -0.2) is 4.68 Å². The van der Waals surface area contributed by atoms with Gasteiger partial charge in [-0.3, -0.25) is 4.79 Å². The second kappa shape index (κ2) is 4.14. The van der Waals surface area contributed by atoms with E-state index in [1.807, 2.05) is 30.3 Å². The van der Waals surface area contributed by atoms with Crippen LogP contribution in [0.5, 0.6) is 0 Å². The number of para-hydroxylation sites is 1. The number of rotatable bonds is 3. The van der Waals surface area contributed by atoms with E-state index in [9.17, 15) is 9.90 Å². The Balaban J connectivity index is 2.46. The van der Waals surface area contributed by atoms with Crippen molar-refractivity contribution in [3.63, 3.8) is 0 Å². The lowest BCUT2D eigenvalue weighted by Gasteiger charge is -2.16. The van der Waals surface area contributed by atoms with Crippen molar-refractivity contribution in [2.24, 2.45) is 0 Å². The molecule has 0 saturated carbocycles. The van der Waals surface area contributed by atoms with Gasteiger partial charge in [0.15, 0.2) is 0 Å². The molecular formula is C13H14N2O2. The molecule has 0 aliphatic heterocycles. The highest BCUT2D eigenvalue weighted by Gasteiger charge is 2.28. The molecule has 2 aromatic rings. The van der Waals surface area contributed by atoms with Gasteiger partial charge in [0.1, 0.15) is 11.3 Å². The lowest BCUT2D eigenvalue weighted by Crippen LogP contribution is -2.32. The van der Waals surface area contributed by atoms with E-state index < -0.39 is 5.60 Å². The van der Waals surface area contributed by atoms with Crippen LogP contribution in [0.3, 0.4) is 0 Å². The molecule has 0 unspecified atom stereocenters. The summed E-state index contributed by atoms with van der Waals surface area (Å²) in [4.78, 5) is 12.0. The van der Waals surface area contributed by atoms with E-state index in [0.29, 0.717) is 5.69 Å². The molecule has 88 valence electrons. The number of aromatic nitrogens is 2. The summed E-state index contributed by atoms with van der Waals surface area (Å²) in [6.45, 7) is 2.94. The lowest BCUT2D eigenvalue weighted by molar-refractivity contribution is 0.0479. The van der Waals surface area contributed by atoms with Gasteiger partial charge in [-0.2, -0.15) is 5.10 Å². The first-order chi connectivity index (χ1) is 8.00. The van der Waals surface area contributed by atoms with E-state index in [0.717, 1.165) is 5.69 Å². The van der Waals surface area contributed by atoms with Crippen molar-refractivity contribution < 1.29 is 9.90 Å². The van der Waals surface area contributed by atoms with Gasteiger partial charge in [0.25, 0.3) is 0 Å². The molecule has 1 heterocycles. The Labute approximate surface area is 99.5 Å². The van der Waals surface area contributed by atoms with Crippen LogP contribution in [0.15, 0.2) is 42.6 Å². The Kier molecular flexibility index (Phi) is 2.81. The van der Waals surface area contributed by atoms with Gasteiger partial charge < -0.3 is 5.11 Å². The van der Waals surface area contributed by atoms with Gasteiger partial charge >= 0.3 is 0 Å². The van der Waals surface area contributed by atoms with E-state index in [-0.39, 0.29) is 5.78 Å². The van der Waals surface area contributed by atoms with Gasteiger partial charge in [-0.05, 0) is 32.0 Å². The molecule has 1 aromatic heterocycles. The van der Waals surface area contributed by atoms with Crippen LogP contribution >= 0.6 is 0 Å². The van der Waals surface area contributed by atoms with E-state index in [1.54, 1.807) is 12.3 Å². The molecule has 0 amide bonds. The van der Waals surface area contributed by atoms with Crippen LogP contribution in [-0.4, -0.2) is 26.3 Å². The van der Waals surface area contributed by atoms with Gasteiger partial charge in [-0.15, -0.1) is 0 Å². The van der Waals surface area contributed by atoms with Crippen molar-refractivity contribution in [1.82, 2.24) is 9.78 Å². The molecular weight excluding hydrogens is 216 g/mol. The zero-order chi connectivity index (χ0) is 12.5. The summed E-state index contributed by atoms with van der Waals surface area (Å²) >= 11 is 0. The molecule has 0 bridgehead atoms. The summed E-state index contributed by atoms with van der Waals surface area (Å²) in [6.07, 6.45) is 1.55. The van der Waals surface area contributed by atoms with Crippen LogP contribution in [0.25, 0.3) is 5.69 Å². The maximum Gasteiger partial charge on any atom is 0.212 e. The van der Waals surface area contributed by atoms with Crippen molar-refractivity contribution in [2.45, 2.75) is 19.4 Å². The van der Waals surface area contributed by atoms with Crippen LogP contribution in [0, 0.1) is 0 Å². The van der Waals surface area contributed by atoms with Crippen molar-refractivity contribution >= 4 is 5.78 Å². The zero-order valence-electron chi connectivity index (χ0n) is 9.79. The smallest absolute Gasteiger partial charge is 0.212 e. The SMILES string of the molecule is CC(C)(O)C(=O)c1ccnn1-c1ccccc1. The third kappa shape index (κ3) is 2.26. The van der Waals surface area contributed by atoms with Crippen LogP contribution in [0.1, 0.15) is 24.3 Å². The molecule has 0 spiro atoms. The first-order valence-corrected chi connectivity index (χ1v) is 5.37. The third-order valence-electron chi connectivity index (χ3n) is 2.43. The number of nitrogens with zero attached hydrogens (tertiary/aromatic N) is 2. The normalized spacial score (nSPS) is 11.5. The van der Waals surface area contributed by atoms with Crippen molar-refractivity contribution in [2.75, 3.05) is 0 Å². The van der Waals surface area contributed by atoms with E-state index in [2.05, 4.69) is 5.10 Å². The van der Waals surface area contributed by atoms with Crippen LogP contribution in [-0.2, 0) is 0 Å². The summed E-state index contributed by atoms with van der Waals surface area (Å²) in [5.41, 5.74) is -0.221. The van der Waals surface area contributed by atoms with Gasteiger partial charge in [0, 0.05) is 0 Å². The number of ketones is 1. The van der Waals surface area contributed by atoms with E-state index in [4.69, 9.17) is 0 Å². The summed E-state index contributed by atoms with van der Waals surface area (Å²) in [5.74, 6) is -0.348. The van der Waals surface area contributed by atoms with Crippen LogP contribution in [0.2, 0.25) is 0 Å². The number of benzene rings is 1. The molecule has 4 nitrogen and oxygen atoms in total. The molecule has 1 N–H and O–H groups in total. The first-order valence-electron chi connectivity index (χ1n) is 5.37. The monoisotopic (exact) mass is 230 g/mol. The quantitative estimate of drug-likeness (QED) is 0.818. The number of Topliss-reactive ketones (excluding diaryl/α,β-unsaturated/α-hetero) is 1. The highest BCUT2D eigenvalue weighted by molar-refractivity contribution is 6.00. The fourth-order valence-corrected chi connectivity index (χ4v) is 1.56. The summed E-state index contributed by atoms with van der Waals surface area (Å²) < 4.78 is 1.53. The number of carbonyl (C=O) groups is 1. The molecule has 0 fully saturated rings. The van der Waals surface area contributed by atoms with Crippen molar-refractivity contribution in [1.29, 1.82) is 0 Å². The molecule has 0 saturated heterocycles. The fraction of sp³-hybridized carbons (Fsp3) is 0.231. The molecule has 2 rings (SSSR count). The molecule has 4 heteroatoms. The molecule has 17 heavy (non-hydrogen) atoms. The van der Waals surface area contributed by atoms with Crippen molar-refractivity contribution in [3.8, 4) is 5.69 Å². The highest BCUT2D eigenvalue weighted by atomic mass is 16.3. The van der Waals surface area contributed by atoms with Crippen LogP contribution < -0.4 is 0 Å². The molecule has 0 atom stereocenters. The van der Waals surface area contributed by atoms with Crippen molar-refractivity contribution in [3.05, 3.63) is 48.3 Å². The molecule has 0 radical (unpaired) electrons. The third-order valence-corrected chi connectivity index (χ3v) is 2.43. The Hall–Kier alpha value is -1.94. The average molecular weight is 230 g/mol. The minimum absolute atomic E-state index is 0.348. The minimum atomic E-state index is -1.40. The first kappa shape index (κ1) is 11.5. The van der Waals surface area contributed by atoms with Crippen LogP contribution in [0.4, 0.5) is 0 Å². The zero-order valence-corrected chi connectivity index (χ0v) is 9.79.